The molecule has 0 spiro atoms. The van der Waals surface area contributed by atoms with E-state index in [1.54, 1.807) is 6.20 Å². The van der Waals surface area contributed by atoms with Crippen LogP contribution in [0.5, 0.6) is 0 Å². The molecule has 4 heteroatoms. The van der Waals surface area contributed by atoms with Crippen LogP contribution in [-0.4, -0.2) is 15.7 Å². The van der Waals surface area contributed by atoms with Crippen molar-refractivity contribution in [3.05, 3.63) is 17.4 Å². The molecule has 2 nitrogen and oxygen atoms in total. The first-order valence-electron chi connectivity index (χ1n) is 4.46. The van der Waals surface area contributed by atoms with E-state index in [0.717, 1.165) is 25.3 Å². The maximum Gasteiger partial charge on any atom is 0.0785 e. The first kappa shape index (κ1) is 10.9. The zero-order chi connectivity index (χ0) is 9.68. The maximum atomic E-state index is 5.73. The molecule has 1 atom stereocenters. The predicted molar refractivity (Wildman–Crippen MR) is 56.4 cm³/mol. The fraction of sp³-hybridized carbons (Fsp3) is 0.667. The van der Waals surface area contributed by atoms with Crippen LogP contribution in [0.1, 0.15) is 19.8 Å². The minimum absolute atomic E-state index is 0.653. The number of hydrogen-bond donors (Lipinski definition) is 0. The molecule has 0 radical (unpaired) electrons. The van der Waals surface area contributed by atoms with Crippen molar-refractivity contribution in [3.8, 4) is 0 Å². The van der Waals surface area contributed by atoms with Crippen LogP contribution >= 0.6 is 23.2 Å². The summed E-state index contributed by atoms with van der Waals surface area (Å²) in [5.41, 5.74) is 0. The highest BCUT2D eigenvalue weighted by atomic mass is 35.5. The van der Waals surface area contributed by atoms with Gasteiger partial charge in [0.2, 0.25) is 0 Å². The molecular formula is C9H14Cl2N2. The molecule has 13 heavy (non-hydrogen) atoms. The minimum atomic E-state index is 0.653. The van der Waals surface area contributed by atoms with Crippen LogP contribution in [0.15, 0.2) is 12.4 Å². The van der Waals surface area contributed by atoms with Crippen molar-refractivity contribution in [3.63, 3.8) is 0 Å². The molecule has 0 N–H and O–H groups in total. The van der Waals surface area contributed by atoms with E-state index in [1.165, 1.54) is 0 Å². The molecule has 1 unspecified atom stereocenters. The number of halogens is 2. The molecule has 1 rings (SSSR count). The van der Waals surface area contributed by atoms with Gasteiger partial charge in [-0.05, 0) is 18.8 Å². The Morgan fingerprint density at radius 3 is 2.85 bits per heavy atom. The third-order valence-electron chi connectivity index (χ3n) is 2.05. The lowest BCUT2D eigenvalue weighted by Gasteiger charge is -2.08. The zero-order valence-corrected chi connectivity index (χ0v) is 9.22. The molecule has 0 saturated carbocycles. The average molecular weight is 221 g/mol. The van der Waals surface area contributed by atoms with E-state index in [1.807, 2.05) is 10.9 Å². The lowest BCUT2D eigenvalue weighted by molar-refractivity contribution is 0.450. The van der Waals surface area contributed by atoms with Gasteiger partial charge in [-0.25, -0.2) is 0 Å². The Hall–Kier alpha value is -0.210. The summed E-state index contributed by atoms with van der Waals surface area (Å²) in [6.07, 6.45) is 5.67. The molecule has 0 amide bonds. The van der Waals surface area contributed by atoms with Crippen molar-refractivity contribution >= 4 is 23.2 Å². The van der Waals surface area contributed by atoms with Gasteiger partial charge in [0.25, 0.3) is 0 Å². The Bertz CT molecular complexity index is 248. The summed E-state index contributed by atoms with van der Waals surface area (Å²) in [7, 11) is 0. The van der Waals surface area contributed by atoms with Gasteiger partial charge in [-0.2, -0.15) is 5.10 Å². The third kappa shape index (κ3) is 4.01. The van der Waals surface area contributed by atoms with Crippen molar-refractivity contribution in [2.75, 3.05) is 5.88 Å². The summed E-state index contributed by atoms with van der Waals surface area (Å²) in [6.45, 7) is 3.12. The fourth-order valence-corrected chi connectivity index (χ4v) is 1.67. The van der Waals surface area contributed by atoms with Crippen molar-refractivity contribution < 1.29 is 0 Å². The molecule has 0 fully saturated rings. The van der Waals surface area contributed by atoms with E-state index in [-0.39, 0.29) is 0 Å². The minimum Gasteiger partial charge on any atom is -0.271 e. The lowest BCUT2D eigenvalue weighted by Crippen LogP contribution is -2.04. The molecule has 0 bridgehead atoms. The van der Waals surface area contributed by atoms with Gasteiger partial charge >= 0.3 is 0 Å². The number of nitrogens with zero attached hydrogens (tertiary/aromatic N) is 2. The summed E-state index contributed by atoms with van der Waals surface area (Å²) in [5, 5.41) is 4.80. The van der Waals surface area contributed by atoms with Crippen LogP contribution < -0.4 is 0 Å². The number of alkyl halides is 1. The van der Waals surface area contributed by atoms with Gasteiger partial charge in [0.1, 0.15) is 0 Å². The number of hydrogen-bond acceptors (Lipinski definition) is 1. The van der Waals surface area contributed by atoms with Crippen molar-refractivity contribution in [2.45, 2.75) is 26.3 Å². The second-order valence-corrected chi connectivity index (χ2v) is 4.11. The molecule has 0 saturated heterocycles. The second-order valence-electron chi connectivity index (χ2n) is 3.29. The number of rotatable bonds is 5. The highest BCUT2D eigenvalue weighted by Crippen LogP contribution is 2.11. The van der Waals surface area contributed by atoms with Gasteiger partial charge in [0.05, 0.1) is 11.2 Å². The fourth-order valence-electron chi connectivity index (χ4n) is 1.14. The summed E-state index contributed by atoms with van der Waals surface area (Å²) < 4.78 is 1.87. The Morgan fingerprint density at radius 2 is 2.31 bits per heavy atom. The largest absolute Gasteiger partial charge is 0.271 e. The Kier molecular flexibility index (Phi) is 4.60. The monoisotopic (exact) mass is 220 g/mol. The van der Waals surface area contributed by atoms with Crippen LogP contribution in [0.25, 0.3) is 0 Å². The summed E-state index contributed by atoms with van der Waals surface area (Å²) >= 11 is 11.4. The third-order valence-corrected chi connectivity index (χ3v) is 2.47. The van der Waals surface area contributed by atoms with E-state index in [4.69, 9.17) is 23.2 Å². The predicted octanol–water partition coefficient (Wildman–Crippen LogP) is 3.19. The Morgan fingerprint density at radius 1 is 1.54 bits per heavy atom. The smallest absolute Gasteiger partial charge is 0.0785 e. The second kappa shape index (κ2) is 5.51. The Balaban J connectivity index is 2.26. The van der Waals surface area contributed by atoms with E-state index in [9.17, 15) is 0 Å². The van der Waals surface area contributed by atoms with E-state index in [2.05, 4.69) is 12.0 Å². The molecular weight excluding hydrogens is 207 g/mol. The molecule has 1 heterocycles. The lowest BCUT2D eigenvalue weighted by atomic mass is 10.1. The molecule has 0 aliphatic carbocycles. The van der Waals surface area contributed by atoms with Crippen LogP contribution in [0.2, 0.25) is 5.02 Å². The summed E-state index contributed by atoms with van der Waals surface area (Å²) in [5.74, 6) is 1.39. The van der Waals surface area contributed by atoms with Crippen LogP contribution in [0.3, 0.4) is 0 Å². The molecule has 74 valence electrons. The molecule has 0 aliphatic heterocycles. The number of aromatic nitrogens is 2. The topological polar surface area (TPSA) is 17.8 Å². The molecule has 0 aromatic carbocycles. The first-order valence-corrected chi connectivity index (χ1v) is 5.37. The standard InChI is InChI=1S/C9H14Cl2N2/c1-8(2-4-10)3-5-13-7-9(11)6-12-13/h6-8H,2-5H2,1H3. The van der Waals surface area contributed by atoms with Gasteiger partial charge < -0.3 is 0 Å². The van der Waals surface area contributed by atoms with Gasteiger partial charge in [0.15, 0.2) is 0 Å². The Labute approximate surface area is 88.8 Å². The van der Waals surface area contributed by atoms with E-state index >= 15 is 0 Å². The van der Waals surface area contributed by atoms with Crippen LogP contribution in [0, 0.1) is 5.92 Å². The SMILES string of the molecule is CC(CCCl)CCn1cc(Cl)cn1. The number of aryl methyl sites for hydroxylation is 1. The van der Waals surface area contributed by atoms with Gasteiger partial charge in [-0.15, -0.1) is 11.6 Å². The van der Waals surface area contributed by atoms with Crippen LogP contribution in [-0.2, 0) is 6.54 Å². The zero-order valence-electron chi connectivity index (χ0n) is 7.71. The first-order chi connectivity index (χ1) is 6.22. The van der Waals surface area contributed by atoms with E-state index < -0.39 is 0 Å². The molecule has 1 aromatic heterocycles. The highest BCUT2D eigenvalue weighted by molar-refractivity contribution is 6.30. The van der Waals surface area contributed by atoms with Crippen LogP contribution in [0.4, 0.5) is 0 Å². The maximum absolute atomic E-state index is 5.73. The molecule has 0 aliphatic rings. The summed E-state index contributed by atoms with van der Waals surface area (Å²) in [4.78, 5) is 0. The molecule has 1 aromatic rings. The average Bonchev–Trinajstić information content (AvgIpc) is 2.49. The van der Waals surface area contributed by atoms with Gasteiger partial charge in [0, 0.05) is 18.6 Å². The van der Waals surface area contributed by atoms with E-state index in [0.29, 0.717) is 10.9 Å². The van der Waals surface area contributed by atoms with Gasteiger partial charge in [-0.1, -0.05) is 18.5 Å². The van der Waals surface area contributed by atoms with Crippen molar-refractivity contribution in [2.24, 2.45) is 5.92 Å². The quantitative estimate of drug-likeness (QED) is 0.698. The summed E-state index contributed by atoms with van der Waals surface area (Å²) in [6, 6.07) is 0. The highest BCUT2D eigenvalue weighted by Gasteiger charge is 2.02. The van der Waals surface area contributed by atoms with Crippen molar-refractivity contribution in [1.29, 1.82) is 0 Å². The normalized spacial score (nSPS) is 13.2. The van der Waals surface area contributed by atoms with Gasteiger partial charge in [-0.3, -0.25) is 4.68 Å². The van der Waals surface area contributed by atoms with Crippen molar-refractivity contribution in [1.82, 2.24) is 9.78 Å².